The third-order valence-corrected chi connectivity index (χ3v) is 4.25. The number of aromatic nitrogens is 2. The molecule has 0 radical (unpaired) electrons. The number of hydrogen-bond acceptors (Lipinski definition) is 6. The van der Waals surface area contributed by atoms with Crippen molar-refractivity contribution >= 4 is 17.5 Å². The van der Waals surface area contributed by atoms with Gasteiger partial charge in [-0.1, -0.05) is 12.1 Å². The molecule has 2 aromatic carbocycles. The number of anilines is 1. The Morgan fingerprint density at radius 1 is 1.13 bits per heavy atom. The van der Waals surface area contributed by atoms with Crippen molar-refractivity contribution in [2.24, 2.45) is 5.73 Å². The first-order valence-corrected chi connectivity index (χ1v) is 9.36. The zero-order valence-corrected chi connectivity index (χ0v) is 16.4. The van der Waals surface area contributed by atoms with Gasteiger partial charge in [-0.15, -0.1) is 0 Å². The third kappa shape index (κ3) is 5.40. The van der Waals surface area contributed by atoms with Crippen molar-refractivity contribution in [2.45, 2.75) is 26.4 Å². The average Bonchev–Trinajstić information content (AvgIpc) is 3.22. The summed E-state index contributed by atoms with van der Waals surface area (Å²) >= 11 is 0. The molecular weight excluding hydrogens is 391 g/mol. The number of primary amides is 1. The number of carbonyl (C=O) groups is 2. The van der Waals surface area contributed by atoms with Crippen LogP contribution in [0.15, 0.2) is 53.1 Å². The second-order valence-corrected chi connectivity index (χ2v) is 6.42. The molecule has 0 bridgehead atoms. The Bertz CT molecular complexity index is 1000. The summed E-state index contributed by atoms with van der Waals surface area (Å²) in [6, 6.07) is 11.9. The molecule has 156 valence electrons. The maximum atomic E-state index is 13.2. The summed E-state index contributed by atoms with van der Waals surface area (Å²) in [7, 11) is 0. The summed E-state index contributed by atoms with van der Waals surface area (Å²) in [5.74, 6) is 0.189. The summed E-state index contributed by atoms with van der Waals surface area (Å²) in [5, 5.41) is 3.81. The number of nitrogens with zero attached hydrogens (tertiary/aromatic N) is 3. The lowest BCUT2D eigenvalue weighted by Crippen LogP contribution is -2.34. The van der Waals surface area contributed by atoms with Crippen molar-refractivity contribution in [2.75, 3.05) is 11.4 Å². The standard InChI is InChI=1S/C21H21FN4O4/c1-2-20-24-19(25-30-20)13-29-17-9-3-14(4-10-17)21(28)26(12-11-18(23)27)16-7-5-15(22)6-8-16/h3-10H,2,11-13H2,1H3,(H2,23,27). The fourth-order valence-corrected chi connectivity index (χ4v) is 2.68. The van der Waals surface area contributed by atoms with Gasteiger partial charge >= 0.3 is 0 Å². The molecule has 0 spiro atoms. The first kappa shape index (κ1) is 21.0. The van der Waals surface area contributed by atoms with Gasteiger partial charge in [0.2, 0.25) is 17.6 Å². The van der Waals surface area contributed by atoms with Gasteiger partial charge in [0.25, 0.3) is 5.91 Å². The van der Waals surface area contributed by atoms with Crippen LogP contribution in [0.3, 0.4) is 0 Å². The molecule has 9 heteroatoms. The van der Waals surface area contributed by atoms with E-state index in [-0.39, 0.29) is 25.5 Å². The number of aryl methyl sites for hydroxylation is 1. The smallest absolute Gasteiger partial charge is 0.258 e. The highest BCUT2D eigenvalue weighted by Gasteiger charge is 2.19. The largest absolute Gasteiger partial charge is 0.485 e. The first-order chi connectivity index (χ1) is 14.5. The normalized spacial score (nSPS) is 10.6. The molecule has 0 unspecified atom stereocenters. The number of halogens is 1. The van der Waals surface area contributed by atoms with E-state index in [1.807, 2.05) is 6.92 Å². The summed E-state index contributed by atoms with van der Waals surface area (Å²) in [6.07, 6.45) is 0.624. The molecule has 8 nitrogen and oxygen atoms in total. The van der Waals surface area contributed by atoms with Gasteiger partial charge in [-0.2, -0.15) is 4.98 Å². The quantitative estimate of drug-likeness (QED) is 0.578. The SMILES string of the molecule is CCc1nc(COc2ccc(C(=O)N(CCC(N)=O)c3ccc(F)cc3)cc2)no1. The number of amides is 2. The molecule has 1 aromatic heterocycles. The number of hydrogen-bond donors (Lipinski definition) is 1. The van der Waals surface area contributed by atoms with Crippen LogP contribution >= 0.6 is 0 Å². The Hall–Kier alpha value is -3.75. The minimum Gasteiger partial charge on any atom is -0.485 e. The lowest BCUT2D eigenvalue weighted by Gasteiger charge is -2.22. The van der Waals surface area contributed by atoms with E-state index >= 15 is 0 Å². The molecule has 1 heterocycles. The van der Waals surface area contributed by atoms with Crippen molar-refractivity contribution in [1.29, 1.82) is 0 Å². The van der Waals surface area contributed by atoms with E-state index < -0.39 is 11.7 Å². The molecule has 0 saturated heterocycles. The van der Waals surface area contributed by atoms with Crippen LogP contribution in [0.5, 0.6) is 5.75 Å². The molecule has 0 aliphatic carbocycles. The van der Waals surface area contributed by atoms with Gasteiger partial charge in [-0.25, -0.2) is 4.39 Å². The fraction of sp³-hybridized carbons (Fsp3) is 0.238. The predicted molar refractivity (Wildman–Crippen MR) is 106 cm³/mol. The van der Waals surface area contributed by atoms with Crippen LogP contribution in [0.1, 0.15) is 35.4 Å². The Balaban J connectivity index is 1.70. The van der Waals surface area contributed by atoms with Gasteiger partial charge < -0.3 is 19.9 Å². The van der Waals surface area contributed by atoms with Gasteiger partial charge in [-0.05, 0) is 48.5 Å². The lowest BCUT2D eigenvalue weighted by atomic mass is 10.1. The predicted octanol–water partition coefficient (Wildman–Crippen LogP) is 2.87. The average molecular weight is 412 g/mol. The second-order valence-electron chi connectivity index (χ2n) is 6.42. The van der Waals surface area contributed by atoms with Gasteiger partial charge in [0, 0.05) is 30.6 Å². The molecule has 30 heavy (non-hydrogen) atoms. The van der Waals surface area contributed by atoms with Gasteiger partial charge in [0.1, 0.15) is 11.6 Å². The van der Waals surface area contributed by atoms with Crippen LogP contribution in [0.2, 0.25) is 0 Å². The summed E-state index contributed by atoms with van der Waals surface area (Å²) in [6.45, 7) is 2.12. The maximum Gasteiger partial charge on any atom is 0.258 e. The van der Waals surface area contributed by atoms with Gasteiger partial charge in [0.15, 0.2) is 6.61 Å². The van der Waals surface area contributed by atoms with Gasteiger partial charge in [0.05, 0.1) is 0 Å². The number of benzene rings is 2. The minimum atomic E-state index is -0.536. The van der Waals surface area contributed by atoms with E-state index in [0.29, 0.717) is 35.1 Å². The Labute approximate surface area is 172 Å². The minimum absolute atomic E-state index is 0.0191. The summed E-state index contributed by atoms with van der Waals surface area (Å²) in [5.41, 5.74) is 6.07. The molecule has 2 amide bonds. The number of ether oxygens (including phenoxy) is 1. The number of nitrogens with two attached hydrogens (primary N) is 1. The molecule has 3 rings (SSSR count). The van der Waals surface area contributed by atoms with Crippen LogP contribution in [0, 0.1) is 5.82 Å². The first-order valence-electron chi connectivity index (χ1n) is 9.36. The summed E-state index contributed by atoms with van der Waals surface area (Å²) in [4.78, 5) is 29.7. The van der Waals surface area contributed by atoms with Crippen LogP contribution in [0.25, 0.3) is 0 Å². The van der Waals surface area contributed by atoms with E-state index in [1.54, 1.807) is 24.3 Å². The van der Waals surface area contributed by atoms with Crippen molar-refractivity contribution in [3.8, 4) is 5.75 Å². The van der Waals surface area contributed by atoms with Crippen LogP contribution in [-0.4, -0.2) is 28.5 Å². The Kier molecular flexibility index (Phi) is 6.74. The van der Waals surface area contributed by atoms with E-state index in [1.165, 1.54) is 29.2 Å². The third-order valence-electron chi connectivity index (χ3n) is 4.25. The number of carbonyl (C=O) groups excluding carboxylic acids is 2. The molecule has 0 atom stereocenters. The van der Waals surface area contributed by atoms with E-state index in [4.69, 9.17) is 15.0 Å². The molecular formula is C21H21FN4O4. The van der Waals surface area contributed by atoms with Gasteiger partial charge in [-0.3, -0.25) is 9.59 Å². The highest BCUT2D eigenvalue weighted by atomic mass is 19.1. The molecule has 0 saturated carbocycles. The Morgan fingerprint density at radius 2 is 1.83 bits per heavy atom. The van der Waals surface area contributed by atoms with E-state index in [0.717, 1.165) is 0 Å². The molecule has 0 aliphatic rings. The zero-order valence-electron chi connectivity index (χ0n) is 16.4. The lowest BCUT2D eigenvalue weighted by molar-refractivity contribution is -0.117. The van der Waals surface area contributed by atoms with Crippen molar-refractivity contribution in [3.05, 3.63) is 71.6 Å². The van der Waals surface area contributed by atoms with Crippen molar-refractivity contribution < 1.29 is 23.2 Å². The van der Waals surface area contributed by atoms with Crippen LogP contribution in [-0.2, 0) is 17.8 Å². The van der Waals surface area contributed by atoms with Crippen LogP contribution < -0.4 is 15.4 Å². The van der Waals surface area contributed by atoms with E-state index in [2.05, 4.69) is 10.1 Å². The second kappa shape index (κ2) is 9.64. The van der Waals surface area contributed by atoms with Crippen molar-refractivity contribution in [1.82, 2.24) is 10.1 Å². The zero-order chi connectivity index (χ0) is 21.5. The highest BCUT2D eigenvalue weighted by Crippen LogP contribution is 2.20. The number of rotatable bonds is 9. The molecule has 0 fully saturated rings. The maximum absolute atomic E-state index is 13.2. The van der Waals surface area contributed by atoms with E-state index in [9.17, 15) is 14.0 Å². The monoisotopic (exact) mass is 412 g/mol. The Morgan fingerprint density at radius 3 is 2.43 bits per heavy atom. The molecule has 0 aliphatic heterocycles. The summed E-state index contributed by atoms with van der Waals surface area (Å²) < 4.78 is 23.9. The topological polar surface area (TPSA) is 112 Å². The van der Waals surface area contributed by atoms with Crippen LogP contribution in [0.4, 0.5) is 10.1 Å². The molecule has 3 aromatic rings. The molecule has 2 N–H and O–H groups in total. The highest BCUT2D eigenvalue weighted by molar-refractivity contribution is 6.06. The van der Waals surface area contributed by atoms with Crippen molar-refractivity contribution in [3.63, 3.8) is 0 Å². The fourth-order valence-electron chi connectivity index (χ4n) is 2.68.